The molecule has 0 aliphatic heterocycles. The van der Waals surface area contributed by atoms with Crippen LogP contribution >= 0.6 is 12.4 Å². The molecule has 17 heteroatoms. The first-order valence-corrected chi connectivity index (χ1v) is 21.5. The molecule has 0 bridgehead atoms. The van der Waals surface area contributed by atoms with Gasteiger partial charge in [-0.2, -0.15) is 0 Å². The van der Waals surface area contributed by atoms with Crippen LogP contribution in [0.15, 0.2) is 144 Å². The number of ether oxygens (including phenoxy) is 3. The van der Waals surface area contributed by atoms with Crippen LogP contribution in [0.5, 0.6) is 11.5 Å². The lowest BCUT2D eigenvalue weighted by atomic mass is 10.2. The second kappa shape index (κ2) is 19.1. The highest BCUT2D eigenvalue weighted by Gasteiger charge is 2.61. The fraction of sp³-hybridized carbons (Fsp3) is 0.279. The summed E-state index contributed by atoms with van der Waals surface area (Å²) in [5.74, 6) is -1.47. The summed E-state index contributed by atoms with van der Waals surface area (Å²) in [4.78, 5) is 37.2. The van der Waals surface area contributed by atoms with E-state index in [1.807, 2.05) is 65.4 Å². The molecule has 4 aromatic carbocycles. The second-order valence-corrected chi connectivity index (χ2v) is 18.5. The lowest BCUT2D eigenvalue weighted by molar-refractivity contribution is -0.123. The number of nitrogens with one attached hydrogen (secondary N) is 3. The summed E-state index contributed by atoms with van der Waals surface area (Å²) in [5.41, 5.74) is 4.39. The first-order valence-electron chi connectivity index (χ1n) is 18.5. The van der Waals surface area contributed by atoms with Crippen molar-refractivity contribution in [3.63, 3.8) is 0 Å². The van der Waals surface area contributed by atoms with Crippen molar-refractivity contribution in [2.45, 2.75) is 73.3 Å². The number of rotatable bonds is 15. The van der Waals surface area contributed by atoms with Crippen LogP contribution in [0.3, 0.4) is 0 Å². The van der Waals surface area contributed by atoms with Crippen molar-refractivity contribution in [3.05, 3.63) is 146 Å². The number of nitrogens with two attached hydrogens (primary N) is 1. The Morgan fingerprint density at radius 2 is 1.15 bits per heavy atom. The highest BCUT2D eigenvalue weighted by molar-refractivity contribution is 7.90. The number of benzene rings is 4. The summed E-state index contributed by atoms with van der Waals surface area (Å²) in [5, 5.41) is 2.52. The van der Waals surface area contributed by atoms with Crippen molar-refractivity contribution in [2.75, 3.05) is 0 Å². The Hall–Kier alpha value is -5.68. The van der Waals surface area contributed by atoms with Gasteiger partial charge < -0.3 is 25.3 Å². The summed E-state index contributed by atoms with van der Waals surface area (Å²) in [6.45, 7) is 12.9. The van der Waals surface area contributed by atoms with Crippen LogP contribution in [-0.4, -0.2) is 51.4 Å². The Morgan fingerprint density at radius 1 is 0.700 bits per heavy atom. The average molecular weight is 881 g/mol. The molecule has 3 amide bonds. The Bertz CT molecular complexity index is 2410. The number of hydrogen-bond donors (Lipinski definition) is 4. The summed E-state index contributed by atoms with van der Waals surface area (Å²) in [6.07, 6.45) is 2.86. The van der Waals surface area contributed by atoms with Crippen molar-refractivity contribution in [3.8, 4) is 11.5 Å². The maximum Gasteiger partial charge on any atom is 0.408 e. The maximum absolute atomic E-state index is 12.9. The van der Waals surface area contributed by atoms with E-state index in [0.717, 1.165) is 11.1 Å². The van der Waals surface area contributed by atoms with Gasteiger partial charge in [-0.05, 0) is 69.0 Å². The minimum absolute atomic E-state index is 0. The van der Waals surface area contributed by atoms with Gasteiger partial charge in [0.25, 0.3) is 31.9 Å². The van der Waals surface area contributed by atoms with Gasteiger partial charge in [-0.1, -0.05) is 84.9 Å². The van der Waals surface area contributed by atoms with E-state index in [-0.39, 0.29) is 41.1 Å². The van der Waals surface area contributed by atoms with Gasteiger partial charge in [-0.25, -0.2) is 31.1 Å². The third-order valence-electron chi connectivity index (χ3n) is 9.38. The van der Waals surface area contributed by atoms with Crippen molar-refractivity contribution >= 4 is 50.4 Å². The third-order valence-corrected chi connectivity index (χ3v) is 12.0. The Kier molecular flexibility index (Phi) is 15.0. The maximum atomic E-state index is 12.9. The van der Waals surface area contributed by atoms with Crippen LogP contribution in [0.2, 0.25) is 0 Å². The molecule has 4 atom stereocenters. The zero-order valence-corrected chi connectivity index (χ0v) is 35.8. The predicted octanol–water partition coefficient (Wildman–Crippen LogP) is 5.94. The van der Waals surface area contributed by atoms with Crippen molar-refractivity contribution in [1.82, 2.24) is 14.8 Å². The van der Waals surface area contributed by atoms with Gasteiger partial charge in [0.1, 0.15) is 41.4 Å². The molecule has 0 saturated heterocycles. The number of alkyl carbamates (subject to hydrolysis) is 1. The third kappa shape index (κ3) is 12.2. The zero-order chi connectivity index (χ0) is 43.1. The number of sulfonamides is 2. The molecule has 2 fully saturated rings. The summed E-state index contributed by atoms with van der Waals surface area (Å²) < 4.78 is 71.4. The molecule has 5 N–H and O–H groups in total. The molecule has 0 spiro atoms. The van der Waals surface area contributed by atoms with Gasteiger partial charge in [-0.3, -0.25) is 9.59 Å². The highest BCUT2D eigenvalue weighted by Crippen LogP contribution is 2.45. The first kappa shape index (κ1) is 47.0. The van der Waals surface area contributed by atoms with Crippen LogP contribution < -0.4 is 30.0 Å². The molecule has 14 nitrogen and oxygen atoms in total. The molecular weight excluding hydrogens is 832 g/mol. The fourth-order valence-corrected chi connectivity index (χ4v) is 8.03. The SMILES string of the molecule is C=C[C@@H]1C[C@]1(N)C(=O)NS(=O)(=O)c1cccc(OCc2ccccc2)c1.C=C[C@@H]1C[C@]1(NC(=O)OC(C)(C)C)C(=O)NS(=O)(=O)c1cccc(OCc2ccccc2)c1.Cl. The Balaban J connectivity index is 0.000000267. The molecule has 4 aromatic rings. The van der Waals surface area contributed by atoms with Gasteiger partial charge in [0.15, 0.2) is 0 Å². The highest BCUT2D eigenvalue weighted by atomic mass is 35.5. The van der Waals surface area contributed by atoms with Gasteiger partial charge in [0.05, 0.1) is 9.79 Å². The Morgan fingerprint density at radius 3 is 1.55 bits per heavy atom. The lowest BCUT2D eigenvalue weighted by Crippen LogP contribution is -2.52. The van der Waals surface area contributed by atoms with E-state index in [1.54, 1.807) is 45.0 Å². The van der Waals surface area contributed by atoms with Gasteiger partial charge in [-0.15, -0.1) is 25.6 Å². The van der Waals surface area contributed by atoms with Gasteiger partial charge in [0, 0.05) is 24.0 Å². The number of amides is 3. The van der Waals surface area contributed by atoms with E-state index in [2.05, 4.69) is 23.2 Å². The van der Waals surface area contributed by atoms with Crippen LogP contribution in [0.1, 0.15) is 44.7 Å². The molecule has 2 saturated carbocycles. The first-order chi connectivity index (χ1) is 27.8. The van der Waals surface area contributed by atoms with Crippen LogP contribution in [0.25, 0.3) is 0 Å². The van der Waals surface area contributed by atoms with E-state index >= 15 is 0 Å². The van der Waals surface area contributed by atoms with E-state index in [0.29, 0.717) is 24.5 Å². The molecule has 0 heterocycles. The minimum atomic E-state index is -4.22. The van der Waals surface area contributed by atoms with E-state index in [9.17, 15) is 31.2 Å². The second-order valence-electron chi connectivity index (χ2n) is 15.1. The van der Waals surface area contributed by atoms with Crippen molar-refractivity contribution in [1.29, 1.82) is 0 Å². The number of carbonyl (C=O) groups excluding carboxylic acids is 3. The number of halogens is 1. The largest absolute Gasteiger partial charge is 0.489 e. The number of carbonyl (C=O) groups is 3. The monoisotopic (exact) mass is 880 g/mol. The molecule has 2 aliphatic carbocycles. The fourth-order valence-electron chi connectivity index (χ4n) is 5.87. The topological polar surface area (TPSA) is 209 Å². The molecular formula is C43H49ClN4O10S2. The molecule has 2 aliphatic rings. The van der Waals surface area contributed by atoms with Crippen LogP contribution in [0.4, 0.5) is 4.79 Å². The Labute approximate surface area is 357 Å². The minimum Gasteiger partial charge on any atom is -0.489 e. The molecule has 0 aromatic heterocycles. The van der Waals surface area contributed by atoms with Crippen LogP contribution in [-0.2, 0) is 47.6 Å². The summed E-state index contributed by atoms with van der Waals surface area (Å²) in [7, 11) is -8.25. The quantitative estimate of drug-likeness (QED) is 0.103. The van der Waals surface area contributed by atoms with Crippen molar-refractivity contribution < 1.29 is 45.4 Å². The standard InChI is InChI=1S/C24H28N2O6S.C19H20N2O4S.ClH/c1-5-18-15-24(18,25-22(28)32-23(2,3)4)21(27)26-33(29,30)20-13-9-12-19(14-20)31-16-17-10-7-6-8-11-17;1-2-15-12-19(15,20)18(22)21-26(23,24)17-10-6-9-16(11-17)25-13-14-7-4-3-5-8-14;/h5-14,18H,1,15-16H2,2-4H3,(H,25,28)(H,26,27);2-11,15H,1,12-13,20H2,(H,21,22);1H/t18-,24-;15-,19-;/m11./s1. The van der Waals surface area contributed by atoms with Gasteiger partial charge in [0.2, 0.25) is 0 Å². The molecule has 0 unspecified atom stereocenters. The van der Waals surface area contributed by atoms with Crippen LogP contribution in [0, 0.1) is 11.8 Å². The van der Waals surface area contributed by atoms with Gasteiger partial charge >= 0.3 is 6.09 Å². The smallest absolute Gasteiger partial charge is 0.408 e. The summed E-state index contributed by atoms with van der Waals surface area (Å²) >= 11 is 0. The zero-order valence-electron chi connectivity index (χ0n) is 33.3. The number of hydrogen-bond acceptors (Lipinski definition) is 11. The molecule has 320 valence electrons. The average Bonchev–Trinajstić information content (AvgIpc) is 4.10. The van der Waals surface area contributed by atoms with E-state index in [4.69, 9.17) is 19.9 Å². The molecule has 0 radical (unpaired) electrons. The molecule has 60 heavy (non-hydrogen) atoms. The normalized spacial score (nSPS) is 20.3. The summed E-state index contributed by atoms with van der Waals surface area (Å²) in [6, 6.07) is 30.8. The predicted molar refractivity (Wildman–Crippen MR) is 228 cm³/mol. The lowest BCUT2D eigenvalue weighted by Gasteiger charge is -2.23. The molecule has 6 rings (SSSR count). The van der Waals surface area contributed by atoms with Crippen molar-refractivity contribution in [2.24, 2.45) is 17.6 Å². The van der Waals surface area contributed by atoms with E-state index in [1.165, 1.54) is 36.4 Å². The van der Waals surface area contributed by atoms with E-state index < -0.39 is 60.6 Å².